The Hall–Kier alpha value is -4.79. The van der Waals surface area contributed by atoms with Crippen LogP contribution >= 0.6 is 0 Å². The minimum atomic E-state index is -0.206. The number of H-pyrrole nitrogens is 1. The molecule has 8 rings (SSSR count). The molecule has 0 unspecified atom stereocenters. The fourth-order valence-corrected chi connectivity index (χ4v) is 7.36. The average Bonchev–Trinajstić information content (AvgIpc) is 3.76. The van der Waals surface area contributed by atoms with E-state index in [0.29, 0.717) is 12.3 Å². The molecule has 3 aliphatic rings. The van der Waals surface area contributed by atoms with Gasteiger partial charge in [-0.05, 0) is 92.6 Å². The molecule has 3 aromatic carbocycles. The van der Waals surface area contributed by atoms with Crippen molar-refractivity contribution in [3.8, 4) is 16.9 Å². The molecule has 0 spiro atoms. The number of benzene rings is 3. The maximum atomic E-state index is 13.2. The van der Waals surface area contributed by atoms with Gasteiger partial charge in [0, 0.05) is 70.7 Å². The number of amides is 2. The van der Waals surface area contributed by atoms with Crippen LogP contribution in [0.25, 0.3) is 32.9 Å². The quantitative estimate of drug-likeness (QED) is 0.247. The molecule has 0 atom stereocenters. The maximum Gasteiger partial charge on any atom is 0.262 e. The van der Waals surface area contributed by atoms with Crippen molar-refractivity contribution in [3.63, 3.8) is 0 Å². The predicted molar refractivity (Wildman–Crippen MR) is 168 cm³/mol. The third-order valence-electron chi connectivity index (χ3n) is 9.30. The lowest BCUT2D eigenvalue weighted by Crippen LogP contribution is -2.29. The van der Waals surface area contributed by atoms with Crippen LogP contribution in [0, 0.1) is 0 Å². The van der Waals surface area contributed by atoms with Crippen LogP contribution in [-0.4, -0.2) is 46.3 Å². The highest BCUT2D eigenvalue weighted by Crippen LogP contribution is 2.47. The van der Waals surface area contributed by atoms with E-state index in [1.165, 1.54) is 36.0 Å². The summed E-state index contributed by atoms with van der Waals surface area (Å²) in [5, 5.41) is 15.6. The second-order valence-electron chi connectivity index (χ2n) is 11.7. The van der Waals surface area contributed by atoms with E-state index < -0.39 is 0 Å². The molecular weight excluding hydrogens is 540 g/mol. The van der Waals surface area contributed by atoms with Crippen molar-refractivity contribution >= 4 is 45.0 Å². The van der Waals surface area contributed by atoms with Gasteiger partial charge in [-0.15, -0.1) is 0 Å². The topological polar surface area (TPSA) is 104 Å². The average molecular weight is 575 g/mol. The molecule has 1 aliphatic carbocycles. The minimum absolute atomic E-state index is 0.0346. The summed E-state index contributed by atoms with van der Waals surface area (Å²) < 4.78 is 8.37. The van der Waals surface area contributed by atoms with E-state index in [0.717, 1.165) is 82.4 Å². The molecule has 5 aromatic rings. The zero-order chi connectivity index (χ0) is 29.1. The Morgan fingerprint density at radius 2 is 1.86 bits per heavy atom. The number of nitrogens with zero attached hydrogens (tertiary/aromatic N) is 3. The number of aryl methyl sites for hydroxylation is 3. The number of carbonyl (C=O) groups excluding carboxylic acids is 2. The highest BCUT2D eigenvalue weighted by molar-refractivity contribution is 6.19. The Morgan fingerprint density at radius 3 is 2.67 bits per heavy atom. The lowest BCUT2D eigenvalue weighted by atomic mass is 9.83. The second-order valence-corrected chi connectivity index (χ2v) is 11.7. The Labute approximate surface area is 249 Å². The van der Waals surface area contributed by atoms with Gasteiger partial charge in [-0.3, -0.25) is 14.7 Å². The zero-order valence-electron chi connectivity index (χ0n) is 24.3. The van der Waals surface area contributed by atoms with E-state index in [9.17, 15) is 9.59 Å². The van der Waals surface area contributed by atoms with Gasteiger partial charge in [0.1, 0.15) is 5.75 Å². The lowest BCUT2D eigenvalue weighted by Gasteiger charge is -2.28. The number of anilines is 2. The van der Waals surface area contributed by atoms with Crippen LogP contribution in [0.4, 0.5) is 11.4 Å². The number of hydrogen-bond acceptors (Lipinski definition) is 5. The predicted octanol–water partition coefficient (Wildman–Crippen LogP) is 5.55. The third-order valence-corrected chi connectivity index (χ3v) is 9.30. The van der Waals surface area contributed by atoms with Crippen molar-refractivity contribution in [1.82, 2.24) is 20.1 Å². The van der Waals surface area contributed by atoms with Crippen molar-refractivity contribution in [2.24, 2.45) is 0 Å². The van der Waals surface area contributed by atoms with Gasteiger partial charge in [-0.2, -0.15) is 5.10 Å². The summed E-state index contributed by atoms with van der Waals surface area (Å²) >= 11 is 0. The normalized spacial score (nSPS) is 15.7. The fraction of sp³-hybridized carbons (Fsp3) is 0.324. The molecule has 4 heterocycles. The van der Waals surface area contributed by atoms with Gasteiger partial charge in [0.15, 0.2) is 6.61 Å². The first kappa shape index (κ1) is 25.9. The van der Waals surface area contributed by atoms with Crippen LogP contribution in [0.2, 0.25) is 0 Å². The maximum absolute atomic E-state index is 13.2. The molecule has 218 valence electrons. The van der Waals surface area contributed by atoms with E-state index in [4.69, 9.17) is 4.74 Å². The van der Waals surface area contributed by atoms with Crippen LogP contribution in [-0.2, 0) is 30.7 Å². The number of piperidine rings is 1. The van der Waals surface area contributed by atoms with Crippen LogP contribution in [0.1, 0.15) is 53.4 Å². The zero-order valence-corrected chi connectivity index (χ0v) is 24.3. The molecule has 0 saturated carbocycles. The highest BCUT2D eigenvalue weighted by atomic mass is 16.5. The molecule has 9 nitrogen and oxygen atoms in total. The summed E-state index contributed by atoms with van der Waals surface area (Å²) in [5.74, 6) is 0.384. The van der Waals surface area contributed by atoms with Crippen molar-refractivity contribution in [1.29, 1.82) is 0 Å². The number of ether oxygens (including phenoxy) is 1. The van der Waals surface area contributed by atoms with Crippen LogP contribution in [0.5, 0.6) is 5.75 Å². The number of nitrogens with one attached hydrogen (secondary N) is 3. The van der Waals surface area contributed by atoms with Gasteiger partial charge in [-0.1, -0.05) is 0 Å². The van der Waals surface area contributed by atoms with Crippen molar-refractivity contribution < 1.29 is 14.3 Å². The fourth-order valence-electron chi connectivity index (χ4n) is 7.36. The summed E-state index contributed by atoms with van der Waals surface area (Å²) in [6.07, 6.45) is 7.29. The number of aromatic amines is 1. The number of rotatable bonds is 6. The first-order valence-electron chi connectivity index (χ1n) is 15.3. The van der Waals surface area contributed by atoms with Crippen molar-refractivity contribution in [3.05, 3.63) is 71.0 Å². The summed E-state index contributed by atoms with van der Waals surface area (Å²) in [6.45, 7) is 5.51. The second kappa shape index (κ2) is 10.2. The van der Waals surface area contributed by atoms with E-state index in [1.807, 2.05) is 30.5 Å². The number of hydrogen-bond donors (Lipinski definition) is 3. The first-order valence-corrected chi connectivity index (χ1v) is 15.3. The summed E-state index contributed by atoms with van der Waals surface area (Å²) in [5.41, 5.74) is 10.3. The molecule has 2 aliphatic heterocycles. The van der Waals surface area contributed by atoms with Crippen molar-refractivity contribution in [2.45, 2.75) is 52.1 Å². The molecule has 0 radical (unpaired) electrons. The van der Waals surface area contributed by atoms with Crippen LogP contribution < -0.4 is 20.3 Å². The number of carbonyl (C=O) groups is 2. The SMILES string of the molecule is CCn1c2ccc(OCC(=O)Nc3ccc(N4CCCCC4)cc3)cc2c2c3c(c4c(c21)CCc1[nH]ncc1-4)C(=O)NC3. The third kappa shape index (κ3) is 4.17. The summed E-state index contributed by atoms with van der Waals surface area (Å²) in [6, 6.07) is 14.1. The largest absolute Gasteiger partial charge is 0.484 e. The van der Waals surface area contributed by atoms with Gasteiger partial charge in [0.2, 0.25) is 0 Å². The first-order chi connectivity index (χ1) is 21.1. The minimum Gasteiger partial charge on any atom is -0.484 e. The Kier molecular flexibility index (Phi) is 6.13. The Bertz CT molecular complexity index is 1910. The molecule has 9 heteroatoms. The molecule has 2 aromatic heterocycles. The van der Waals surface area contributed by atoms with Gasteiger partial charge in [-0.25, -0.2) is 0 Å². The summed E-state index contributed by atoms with van der Waals surface area (Å²) in [7, 11) is 0. The molecule has 2 amide bonds. The van der Waals surface area contributed by atoms with E-state index in [2.05, 4.69) is 55.4 Å². The molecule has 0 bridgehead atoms. The van der Waals surface area contributed by atoms with Gasteiger partial charge < -0.3 is 24.8 Å². The lowest BCUT2D eigenvalue weighted by molar-refractivity contribution is -0.118. The number of aromatic nitrogens is 3. The monoisotopic (exact) mass is 574 g/mol. The Morgan fingerprint density at radius 1 is 1.02 bits per heavy atom. The molecule has 1 saturated heterocycles. The van der Waals surface area contributed by atoms with E-state index in [-0.39, 0.29) is 18.4 Å². The van der Waals surface area contributed by atoms with Crippen LogP contribution in [0.3, 0.4) is 0 Å². The Balaban J connectivity index is 1.10. The molecule has 1 fully saturated rings. The molecule has 3 N–H and O–H groups in total. The van der Waals surface area contributed by atoms with Crippen LogP contribution in [0.15, 0.2) is 48.7 Å². The molecular formula is C34H34N6O3. The molecule has 43 heavy (non-hydrogen) atoms. The van der Waals surface area contributed by atoms with Gasteiger partial charge in [0.25, 0.3) is 11.8 Å². The van der Waals surface area contributed by atoms with Crippen molar-refractivity contribution in [2.75, 3.05) is 29.9 Å². The van der Waals surface area contributed by atoms with Gasteiger partial charge >= 0.3 is 0 Å². The summed E-state index contributed by atoms with van der Waals surface area (Å²) in [4.78, 5) is 28.4. The standard InChI is InChI=1S/C34H34N6O3/c1-2-40-28-13-10-22(43-19-29(41)37-20-6-8-21(9-7-20)39-14-4-3-5-15-39)16-24(28)31-26-17-35-34(42)32(26)30-23(33(31)40)11-12-27-25(30)18-36-38-27/h6-10,13,16,18H,2-5,11-12,14-15,17,19H2,1H3,(H,35,42)(H,36,38)(H,37,41). The van der Waals surface area contributed by atoms with E-state index >= 15 is 0 Å². The smallest absolute Gasteiger partial charge is 0.262 e. The van der Waals surface area contributed by atoms with Gasteiger partial charge in [0.05, 0.1) is 17.3 Å². The number of fused-ring (bicyclic) bond motifs is 10. The highest BCUT2D eigenvalue weighted by Gasteiger charge is 2.34. The van der Waals surface area contributed by atoms with E-state index in [1.54, 1.807) is 0 Å².